The molecule has 4 nitrogen and oxygen atoms in total. The van der Waals surface area contributed by atoms with E-state index >= 15 is 0 Å². The third kappa shape index (κ3) is 4.24. The highest BCUT2D eigenvalue weighted by Gasteiger charge is 2.31. The van der Waals surface area contributed by atoms with E-state index in [1.54, 1.807) is 12.3 Å². The number of nitrogens with zero attached hydrogens (tertiary/aromatic N) is 1. The molecule has 36 heavy (non-hydrogen) atoms. The van der Waals surface area contributed by atoms with Crippen molar-refractivity contribution in [2.24, 2.45) is 0 Å². The highest BCUT2D eigenvalue weighted by Crippen LogP contribution is 2.45. The summed E-state index contributed by atoms with van der Waals surface area (Å²) >= 11 is 0. The number of hydrogen-bond acceptors (Lipinski definition) is 4. The van der Waals surface area contributed by atoms with Gasteiger partial charge in [-0.1, -0.05) is 18.2 Å². The van der Waals surface area contributed by atoms with Crippen molar-refractivity contribution in [1.82, 2.24) is 4.98 Å². The molecule has 186 valence electrons. The number of carbonyl (C=O) groups excluding carboxylic acids is 1. The molecule has 1 aliphatic rings. The molecule has 0 saturated carbocycles. The van der Waals surface area contributed by atoms with E-state index in [-0.39, 0.29) is 11.3 Å². The van der Waals surface area contributed by atoms with E-state index < -0.39 is 18.1 Å². The van der Waals surface area contributed by atoms with Gasteiger partial charge in [0.2, 0.25) is 0 Å². The van der Waals surface area contributed by atoms with E-state index in [9.17, 15) is 13.6 Å². The summed E-state index contributed by atoms with van der Waals surface area (Å²) in [5.41, 5.74) is 4.40. The Labute approximate surface area is 209 Å². The van der Waals surface area contributed by atoms with E-state index in [1.807, 2.05) is 52.0 Å². The fraction of sp³-hybridized carbons (Fsp3) is 0.333. The molecule has 1 aromatic heterocycles. The first kappa shape index (κ1) is 24.3. The van der Waals surface area contributed by atoms with Crippen LogP contribution in [0.15, 0.2) is 48.7 Å². The number of hydrogen-bond donors (Lipinski definition) is 0. The topological polar surface area (TPSA) is 48.4 Å². The third-order valence-corrected chi connectivity index (χ3v) is 6.60. The molecule has 2 heterocycles. The van der Waals surface area contributed by atoms with Crippen LogP contribution in [0.5, 0.6) is 5.75 Å². The van der Waals surface area contributed by atoms with Crippen molar-refractivity contribution < 1.29 is 23.0 Å². The largest absolute Gasteiger partial charge is 0.493 e. The van der Waals surface area contributed by atoms with Gasteiger partial charge in [0, 0.05) is 29.1 Å². The molecule has 0 bridgehead atoms. The summed E-state index contributed by atoms with van der Waals surface area (Å²) in [5.74, 6) is 0.646. The number of aryl methyl sites for hydroxylation is 1. The lowest BCUT2D eigenvalue weighted by molar-refractivity contribution is -0.138. The standard InChI is InChI=1S/C30H29F2NO3/c1-16-14-20-15-19(29(31)32)6-7-21(20)26(24(16)28(17(2)34)36-30(3,4)5)22-8-9-23-25-18(11-13-35-23)10-12-33-27(22)25/h6-10,12,14-15,28-29H,11,13H2,1-5H3/t28-/m1/s1. The van der Waals surface area contributed by atoms with E-state index in [0.717, 1.165) is 56.3 Å². The van der Waals surface area contributed by atoms with Crippen LogP contribution in [0.1, 0.15) is 62.5 Å². The average molecular weight is 490 g/mol. The van der Waals surface area contributed by atoms with Gasteiger partial charge in [-0.05, 0) is 91.9 Å². The normalized spacial score (nSPS) is 14.3. The lowest BCUT2D eigenvalue weighted by Gasteiger charge is -2.30. The Morgan fingerprint density at radius 1 is 1.11 bits per heavy atom. The van der Waals surface area contributed by atoms with Gasteiger partial charge in [-0.2, -0.15) is 0 Å². The molecule has 0 spiro atoms. The van der Waals surface area contributed by atoms with Crippen LogP contribution in [0.4, 0.5) is 8.78 Å². The van der Waals surface area contributed by atoms with Gasteiger partial charge in [0.1, 0.15) is 11.9 Å². The molecule has 0 N–H and O–H groups in total. The molecule has 4 aromatic rings. The summed E-state index contributed by atoms with van der Waals surface area (Å²) in [5, 5.41) is 2.39. The van der Waals surface area contributed by atoms with Gasteiger partial charge < -0.3 is 9.47 Å². The highest BCUT2D eigenvalue weighted by molar-refractivity contribution is 6.09. The summed E-state index contributed by atoms with van der Waals surface area (Å²) in [6, 6.07) is 12.4. The van der Waals surface area contributed by atoms with Gasteiger partial charge in [0.15, 0.2) is 5.78 Å². The Bertz CT molecular complexity index is 1490. The number of rotatable bonds is 5. The van der Waals surface area contributed by atoms with Crippen LogP contribution in [0.3, 0.4) is 0 Å². The van der Waals surface area contributed by atoms with Gasteiger partial charge in [0.05, 0.1) is 17.7 Å². The number of aromatic nitrogens is 1. The Kier molecular flexibility index (Phi) is 6.03. The van der Waals surface area contributed by atoms with Gasteiger partial charge in [-0.25, -0.2) is 8.78 Å². The fourth-order valence-corrected chi connectivity index (χ4v) is 5.15. The van der Waals surface area contributed by atoms with Crippen LogP contribution in [0.25, 0.3) is 32.8 Å². The summed E-state index contributed by atoms with van der Waals surface area (Å²) < 4.78 is 39.4. The predicted octanol–water partition coefficient (Wildman–Crippen LogP) is 7.68. The molecule has 0 fully saturated rings. The lowest BCUT2D eigenvalue weighted by Crippen LogP contribution is -2.27. The quantitative estimate of drug-likeness (QED) is 0.288. The number of ether oxygens (including phenoxy) is 2. The number of carbonyl (C=O) groups is 1. The smallest absolute Gasteiger partial charge is 0.263 e. The number of fused-ring (bicyclic) bond motifs is 1. The molecule has 0 aliphatic carbocycles. The SMILES string of the molecule is CC(=O)[C@@H](OC(C)(C)C)c1c(C)cc2cc(C(F)F)ccc2c1-c1ccc2c3c(ccnc13)CCO2. The maximum Gasteiger partial charge on any atom is 0.263 e. The van der Waals surface area contributed by atoms with Crippen LogP contribution >= 0.6 is 0 Å². The minimum absolute atomic E-state index is 0.0434. The number of benzene rings is 3. The van der Waals surface area contributed by atoms with Crippen molar-refractivity contribution >= 4 is 27.5 Å². The predicted molar refractivity (Wildman–Crippen MR) is 138 cm³/mol. The number of Topliss-reactive ketones (excluding diaryl/α,β-unsaturated/α-hetero) is 1. The molecule has 0 amide bonds. The van der Waals surface area contributed by atoms with Crippen molar-refractivity contribution in [3.63, 3.8) is 0 Å². The molecular weight excluding hydrogens is 460 g/mol. The summed E-state index contributed by atoms with van der Waals surface area (Å²) in [4.78, 5) is 17.7. The Morgan fingerprint density at radius 2 is 1.89 bits per heavy atom. The fourth-order valence-electron chi connectivity index (χ4n) is 5.15. The molecule has 5 rings (SSSR count). The molecule has 1 atom stereocenters. The monoisotopic (exact) mass is 489 g/mol. The van der Waals surface area contributed by atoms with E-state index in [1.165, 1.54) is 19.1 Å². The van der Waals surface area contributed by atoms with Crippen molar-refractivity contribution in [3.05, 3.63) is 70.9 Å². The first-order valence-electron chi connectivity index (χ1n) is 12.1. The third-order valence-electron chi connectivity index (χ3n) is 6.60. The van der Waals surface area contributed by atoms with E-state index in [2.05, 4.69) is 0 Å². The number of halogens is 2. The Hall–Kier alpha value is -3.38. The summed E-state index contributed by atoms with van der Waals surface area (Å²) in [6.07, 6.45) is -0.845. The molecule has 0 unspecified atom stereocenters. The van der Waals surface area contributed by atoms with Gasteiger partial charge in [-0.15, -0.1) is 0 Å². The molecule has 0 saturated heterocycles. The molecule has 3 aromatic carbocycles. The van der Waals surface area contributed by atoms with E-state index in [0.29, 0.717) is 12.0 Å². The van der Waals surface area contributed by atoms with Gasteiger partial charge in [-0.3, -0.25) is 9.78 Å². The van der Waals surface area contributed by atoms with Gasteiger partial charge >= 0.3 is 0 Å². The summed E-state index contributed by atoms with van der Waals surface area (Å²) in [7, 11) is 0. The second-order valence-corrected chi connectivity index (χ2v) is 10.4. The van der Waals surface area contributed by atoms with Crippen LogP contribution in [-0.4, -0.2) is 23.0 Å². The minimum Gasteiger partial charge on any atom is -0.493 e. The zero-order valence-corrected chi connectivity index (χ0v) is 21.1. The first-order chi connectivity index (χ1) is 17.0. The Balaban J connectivity index is 1.91. The number of alkyl halides is 2. The average Bonchev–Trinajstić information content (AvgIpc) is 2.81. The Morgan fingerprint density at radius 3 is 2.58 bits per heavy atom. The van der Waals surface area contributed by atoms with Crippen LogP contribution in [0.2, 0.25) is 0 Å². The second-order valence-electron chi connectivity index (χ2n) is 10.4. The van der Waals surface area contributed by atoms with Gasteiger partial charge in [0.25, 0.3) is 6.43 Å². The van der Waals surface area contributed by atoms with Crippen LogP contribution in [0, 0.1) is 6.92 Å². The van der Waals surface area contributed by atoms with E-state index in [4.69, 9.17) is 14.5 Å². The minimum atomic E-state index is -2.58. The van der Waals surface area contributed by atoms with Crippen LogP contribution < -0.4 is 4.74 Å². The summed E-state index contributed by atoms with van der Waals surface area (Å²) in [6.45, 7) is 9.76. The number of ketones is 1. The van der Waals surface area contributed by atoms with Crippen molar-refractivity contribution in [1.29, 1.82) is 0 Å². The highest BCUT2D eigenvalue weighted by atomic mass is 19.3. The number of pyridine rings is 1. The van der Waals surface area contributed by atoms with Crippen molar-refractivity contribution in [3.8, 4) is 16.9 Å². The molecule has 1 aliphatic heterocycles. The maximum atomic E-state index is 13.6. The molecule has 0 radical (unpaired) electrons. The van der Waals surface area contributed by atoms with Crippen LogP contribution in [-0.2, 0) is 16.0 Å². The maximum absolute atomic E-state index is 13.6. The zero-order valence-electron chi connectivity index (χ0n) is 21.1. The molecule has 6 heteroatoms. The lowest BCUT2D eigenvalue weighted by atomic mass is 9.84. The first-order valence-corrected chi connectivity index (χ1v) is 12.1. The second kappa shape index (κ2) is 8.93. The van der Waals surface area contributed by atoms with Crippen molar-refractivity contribution in [2.45, 2.75) is 59.2 Å². The molecular formula is C30H29F2NO3. The van der Waals surface area contributed by atoms with Crippen molar-refractivity contribution in [2.75, 3.05) is 6.61 Å². The zero-order chi connectivity index (χ0) is 25.8.